The smallest absolute Gasteiger partial charge is 0.319 e. The predicted molar refractivity (Wildman–Crippen MR) is 112 cm³/mol. The lowest BCUT2D eigenvalue weighted by Gasteiger charge is -2.30. The van der Waals surface area contributed by atoms with E-state index in [9.17, 15) is 4.79 Å². The van der Waals surface area contributed by atoms with E-state index in [0.717, 1.165) is 37.0 Å². The van der Waals surface area contributed by atoms with Gasteiger partial charge in [0.05, 0.1) is 10.0 Å². The fourth-order valence-corrected chi connectivity index (χ4v) is 3.61. The molecule has 2 aromatic carbocycles. The van der Waals surface area contributed by atoms with Crippen LogP contribution in [0.25, 0.3) is 11.1 Å². The van der Waals surface area contributed by atoms with Crippen LogP contribution in [-0.4, -0.2) is 30.6 Å². The number of urea groups is 1. The van der Waals surface area contributed by atoms with Crippen molar-refractivity contribution in [3.8, 4) is 0 Å². The summed E-state index contributed by atoms with van der Waals surface area (Å²) in [4.78, 5) is 18.8. The van der Waals surface area contributed by atoms with Crippen molar-refractivity contribution >= 4 is 52.0 Å². The van der Waals surface area contributed by atoms with Gasteiger partial charge in [-0.2, -0.15) is 4.98 Å². The Labute approximate surface area is 172 Å². The van der Waals surface area contributed by atoms with Gasteiger partial charge in [0.25, 0.3) is 6.01 Å². The number of halogens is 2. The van der Waals surface area contributed by atoms with Crippen LogP contribution in [-0.2, 0) is 0 Å². The molecule has 1 aliphatic rings. The number of para-hydroxylation sites is 2. The molecule has 0 radical (unpaired) electrons. The van der Waals surface area contributed by atoms with Gasteiger partial charge in [-0.15, -0.1) is 0 Å². The number of piperidine rings is 1. The number of anilines is 2. The van der Waals surface area contributed by atoms with Crippen molar-refractivity contribution in [1.29, 1.82) is 0 Å². The van der Waals surface area contributed by atoms with E-state index in [1.165, 1.54) is 0 Å². The maximum atomic E-state index is 12.1. The van der Waals surface area contributed by atoms with Crippen LogP contribution in [0.5, 0.6) is 0 Å². The quantitative estimate of drug-likeness (QED) is 0.612. The van der Waals surface area contributed by atoms with Crippen molar-refractivity contribution in [3.05, 3.63) is 52.5 Å². The second-order valence-electron chi connectivity index (χ2n) is 6.86. The van der Waals surface area contributed by atoms with Gasteiger partial charge in [0, 0.05) is 25.3 Å². The van der Waals surface area contributed by atoms with Crippen LogP contribution in [0.1, 0.15) is 12.8 Å². The number of aromatic nitrogens is 1. The maximum Gasteiger partial charge on any atom is 0.319 e. The number of hydrogen-bond acceptors (Lipinski definition) is 4. The number of hydrogen-bond donors (Lipinski definition) is 2. The topological polar surface area (TPSA) is 70.4 Å². The van der Waals surface area contributed by atoms with E-state index in [1.54, 1.807) is 18.2 Å². The van der Waals surface area contributed by atoms with Gasteiger partial charge in [0.15, 0.2) is 5.58 Å². The zero-order valence-electron chi connectivity index (χ0n) is 15.1. The summed E-state index contributed by atoms with van der Waals surface area (Å²) < 4.78 is 5.84. The number of carbonyl (C=O) groups excluding carboxylic acids is 1. The van der Waals surface area contributed by atoms with Crippen molar-refractivity contribution in [2.24, 2.45) is 5.92 Å². The van der Waals surface area contributed by atoms with Gasteiger partial charge in [-0.1, -0.05) is 35.3 Å². The normalized spacial score (nSPS) is 15.0. The Morgan fingerprint density at radius 1 is 1.14 bits per heavy atom. The van der Waals surface area contributed by atoms with E-state index < -0.39 is 0 Å². The van der Waals surface area contributed by atoms with Gasteiger partial charge in [-0.3, -0.25) is 0 Å². The molecule has 0 spiro atoms. The van der Waals surface area contributed by atoms with Crippen molar-refractivity contribution in [1.82, 2.24) is 10.3 Å². The monoisotopic (exact) mass is 418 g/mol. The molecule has 1 fully saturated rings. The average molecular weight is 419 g/mol. The third-order valence-electron chi connectivity index (χ3n) is 4.90. The predicted octanol–water partition coefficient (Wildman–Crippen LogP) is 5.17. The van der Waals surface area contributed by atoms with Crippen molar-refractivity contribution in [3.63, 3.8) is 0 Å². The Morgan fingerprint density at radius 3 is 2.68 bits per heavy atom. The van der Waals surface area contributed by atoms with Crippen LogP contribution in [0.3, 0.4) is 0 Å². The third kappa shape index (κ3) is 4.34. The van der Waals surface area contributed by atoms with Gasteiger partial charge < -0.3 is 20.0 Å². The lowest BCUT2D eigenvalue weighted by Crippen LogP contribution is -2.39. The molecule has 2 heterocycles. The molecule has 0 aliphatic carbocycles. The van der Waals surface area contributed by atoms with Crippen LogP contribution < -0.4 is 15.5 Å². The Hall–Kier alpha value is -2.44. The highest BCUT2D eigenvalue weighted by Crippen LogP contribution is 2.27. The molecule has 0 bridgehead atoms. The van der Waals surface area contributed by atoms with Gasteiger partial charge in [0.1, 0.15) is 5.52 Å². The van der Waals surface area contributed by atoms with Crippen LogP contribution in [0.2, 0.25) is 10.0 Å². The molecule has 146 valence electrons. The molecule has 2 amide bonds. The molecule has 0 saturated carbocycles. The lowest BCUT2D eigenvalue weighted by molar-refractivity contribution is 0.248. The van der Waals surface area contributed by atoms with Gasteiger partial charge in [-0.05, 0) is 49.1 Å². The Kier molecular flexibility index (Phi) is 5.59. The van der Waals surface area contributed by atoms with Crippen molar-refractivity contribution < 1.29 is 9.21 Å². The number of benzene rings is 2. The number of carbonyl (C=O) groups is 1. The molecule has 6 nitrogen and oxygen atoms in total. The van der Waals surface area contributed by atoms with Crippen LogP contribution in [0.15, 0.2) is 46.9 Å². The first-order chi connectivity index (χ1) is 13.6. The molecule has 4 rings (SSSR count). The Balaban J connectivity index is 1.25. The van der Waals surface area contributed by atoms with Crippen LogP contribution in [0.4, 0.5) is 16.5 Å². The summed E-state index contributed by atoms with van der Waals surface area (Å²) in [7, 11) is 0. The second kappa shape index (κ2) is 8.29. The molecule has 28 heavy (non-hydrogen) atoms. The summed E-state index contributed by atoms with van der Waals surface area (Å²) in [5.41, 5.74) is 2.29. The fourth-order valence-electron chi connectivity index (χ4n) is 3.31. The summed E-state index contributed by atoms with van der Waals surface area (Å²) in [5.74, 6) is 0.417. The molecular weight excluding hydrogens is 399 g/mol. The van der Waals surface area contributed by atoms with E-state index in [1.807, 2.05) is 24.3 Å². The Bertz CT molecular complexity index is 950. The molecule has 1 aliphatic heterocycles. The van der Waals surface area contributed by atoms with Crippen molar-refractivity contribution in [2.45, 2.75) is 12.8 Å². The summed E-state index contributed by atoms with van der Waals surface area (Å²) in [6.07, 6.45) is 1.93. The van der Waals surface area contributed by atoms with Gasteiger partial charge >= 0.3 is 6.03 Å². The van der Waals surface area contributed by atoms with Crippen LogP contribution >= 0.6 is 23.2 Å². The molecule has 3 aromatic rings. The first-order valence-corrected chi connectivity index (χ1v) is 9.94. The number of amides is 2. The van der Waals surface area contributed by atoms with Crippen molar-refractivity contribution in [2.75, 3.05) is 29.9 Å². The number of oxazole rings is 1. The van der Waals surface area contributed by atoms with E-state index in [4.69, 9.17) is 27.6 Å². The number of rotatable bonds is 4. The molecular formula is C20H20Cl2N4O2. The molecule has 0 unspecified atom stereocenters. The number of fused-ring (bicyclic) bond motifs is 1. The van der Waals surface area contributed by atoms with E-state index >= 15 is 0 Å². The highest BCUT2D eigenvalue weighted by molar-refractivity contribution is 6.42. The summed E-state index contributed by atoms with van der Waals surface area (Å²) in [6, 6.07) is 13.2. The van der Waals surface area contributed by atoms with Crippen LogP contribution in [0, 0.1) is 5.92 Å². The van der Waals surface area contributed by atoms with E-state index in [2.05, 4.69) is 20.5 Å². The van der Waals surface area contributed by atoms with E-state index in [-0.39, 0.29) is 6.03 Å². The Morgan fingerprint density at radius 2 is 1.93 bits per heavy atom. The van der Waals surface area contributed by atoms with E-state index in [0.29, 0.717) is 34.2 Å². The molecule has 1 aromatic heterocycles. The number of nitrogens with zero attached hydrogens (tertiary/aromatic N) is 2. The minimum atomic E-state index is -0.250. The second-order valence-corrected chi connectivity index (χ2v) is 7.67. The highest BCUT2D eigenvalue weighted by atomic mass is 35.5. The summed E-state index contributed by atoms with van der Waals surface area (Å²) in [6.45, 7) is 2.33. The minimum absolute atomic E-state index is 0.250. The standard InChI is InChI=1S/C20H20Cl2N4O2/c21-15-6-5-14(11-16(15)22)24-19(27)23-12-13-7-9-26(10-8-13)20-25-17-3-1-2-4-18(17)28-20/h1-6,11,13H,7-10,12H2,(H2,23,24,27). The number of nitrogens with one attached hydrogen (secondary N) is 2. The average Bonchev–Trinajstić information content (AvgIpc) is 3.14. The third-order valence-corrected chi connectivity index (χ3v) is 5.64. The maximum absolute atomic E-state index is 12.1. The molecule has 0 atom stereocenters. The molecule has 8 heteroatoms. The SMILES string of the molecule is O=C(NCC1CCN(c2nc3ccccc3o2)CC1)Nc1ccc(Cl)c(Cl)c1. The molecule has 2 N–H and O–H groups in total. The highest BCUT2D eigenvalue weighted by Gasteiger charge is 2.23. The fraction of sp³-hybridized carbons (Fsp3) is 0.300. The lowest BCUT2D eigenvalue weighted by atomic mass is 9.97. The first kappa shape index (κ1) is 18.9. The zero-order chi connectivity index (χ0) is 19.5. The molecule has 1 saturated heterocycles. The summed E-state index contributed by atoms with van der Waals surface area (Å²) >= 11 is 11.8. The van der Waals surface area contributed by atoms with Gasteiger partial charge in [0.2, 0.25) is 0 Å². The van der Waals surface area contributed by atoms with Gasteiger partial charge in [-0.25, -0.2) is 4.79 Å². The summed E-state index contributed by atoms with van der Waals surface area (Å²) in [5, 5.41) is 6.56. The zero-order valence-corrected chi connectivity index (χ0v) is 16.6. The first-order valence-electron chi connectivity index (χ1n) is 9.19. The minimum Gasteiger partial charge on any atom is -0.423 e. The largest absolute Gasteiger partial charge is 0.423 e.